The Bertz CT molecular complexity index is 794. The highest BCUT2D eigenvalue weighted by Gasteiger charge is 2.35. The van der Waals surface area contributed by atoms with E-state index >= 15 is 0 Å². The minimum Gasteiger partial charge on any atom is -0.255 e. The van der Waals surface area contributed by atoms with Crippen LogP contribution in [0.4, 0.5) is 13.2 Å². The Balaban J connectivity index is 2.49. The average Bonchev–Trinajstić information content (AvgIpc) is 2.44. The summed E-state index contributed by atoms with van der Waals surface area (Å²) in [6.45, 7) is 1.69. The summed E-state index contributed by atoms with van der Waals surface area (Å²) in [6.07, 6.45) is -1.54. The van der Waals surface area contributed by atoms with Gasteiger partial charge >= 0.3 is 6.18 Å². The Hall–Kier alpha value is -2.17. The van der Waals surface area contributed by atoms with Crippen molar-refractivity contribution in [2.24, 2.45) is 0 Å². The maximum absolute atomic E-state index is 13.3. The molecule has 2 nitrogen and oxygen atoms in total. The molecule has 0 bridgehead atoms. The van der Waals surface area contributed by atoms with Gasteiger partial charge in [-0.1, -0.05) is 25.1 Å². The van der Waals surface area contributed by atoms with E-state index in [-0.39, 0.29) is 17.4 Å². The molecule has 0 fully saturated rings. The van der Waals surface area contributed by atoms with Gasteiger partial charge in [-0.3, -0.25) is 9.97 Å². The zero-order valence-electron chi connectivity index (χ0n) is 10.7. The number of aromatic nitrogens is 2. The van der Waals surface area contributed by atoms with E-state index in [1.54, 1.807) is 31.2 Å². The number of hydrogen-bond acceptors (Lipinski definition) is 2. The normalized spacial score (nSPS) is 12.2. The van der Waals surface area contributed by atoms with Crippen LogP contribution in [0.25, 0.3) is 21.8 Å². The van der Waals surface area contributed by atoms with Crippen molar-refractivity contribution in [1.82, 2.24) is 9.97 Å². The number of hydrogen-bond donors (Lipinski definition) is 0. The van der Waals surface area contributed by atoms with E-state index in [2.05, 4.69) is 9.97 Å². The smallest absolute Gasteiger partial charge is 0.255 e. The predicted molar refractivity (Wildman–Crippen MR) is 71.4 cm³/mol. The van der Waals surface area contributed by atoms with Crippen LogP contribution in [0.15, 0.2) is 36.7 Å². The van der Waals surface area contributed by atoms with Crippen LogP contribution in [0.1, 0.15) is 18.1 Å². The van der Waals surface area contributed by atoms with Crippen LogP contribution in [0, 0.1) is 0 Å². The Morgan fingerprint density at radius 3 is 2.45 bits per heavy atom. The number of fused-ring (bicyclic) bond motifs is 3. The average molecular weight is 276 g/mol. The summed E-state index contributed by atoms with van der Waals surface area (Å²) in [7, 11) is 0. The van der Waals surface area contributed by atoms with E-state index in [0.29, 0.717) is 16.4 Å². The third kappa shape index (κ3) is 1.90. The second-order valence-corrected chi connectivity index (χ2v) is 4.55. The van der Waals surface area contributed by atoms with Gasteiger partial charge in [0.25, 0.3) is 0 Å². The van der Waals surface area contributed by atoms with Crippen LogP contribution in [0.3, 0.4) is 0 Å². The first-order valence-corrected chi connectivity index (χ1v) is 6.25. The van der Waals surface area contributed by atoms with E-state index in [0.717, 1.165) is 0 Å². The van der Waals surface area contributed by atoms with Crippen LogP contribution in [-0.2, 0) is 12.6 Å². The molecule has 0 atom stereocenters. The Labute approximate surface area is 113 Å². The monoisotopic (exact) mass is 276 g/mol. The van der Waals surface area contributed by atoms with Crippen molar-refractivity contribution in [3.63, 3.8) is 0 Å². The first-order valence-electron chi connectivity index (χ1n) is 6.25. The van der Waals surface area contributed by atoms with Gasteiger partial charge in [0.15, 0.2) is 0 Å². The van der Waals surface area contributed by atoms with Gasteiger partial charge in [0.2, 0.25) is 0 Å². The number of para-hydroxylation sites is 1. The highest BCUT2D eigenvalue weighted by atomic mass is 19.4. The molecule has 0 saturated heterocycles. The molecule has 20 heavy (non-hydrogen) atoms. The summed E-state index contributed by atoms with van der Waals surface area (Å²) in [4.78, 5) is 8.33. The van der Waals surface area contributed by atoms with Crippen molar-refractivity contribution < 1.29 is 13.2 Å². The highest BCUT2D eigenvalue weighted by molar-refractivity contribution is 6.04. The van der Waals surface area contributed by atoms with Crippen LogP contribution in [0.2, 0.25) is 0 Å². The number of aryl methyl sites for hydroxylation is 1. The number of alkyl halides is 3. The van der Waals surface area contributed by atoms with E-state index in [1.807, 2.05) is 0 Å². The molecule has 0 N–H and O–H groups in total. The largest absolute Gasteiger partial charge is 0.417 e. The van der Waals surface area contributed by atoms with Crippen LogP contribution >= 0.6 is 0 Å². The van der Waals surface area contributed by atoms with Gasteiger partial charge in [-0.15, -0.1) is 0 Å². The van der Waals surface area contributed by atoms with Crippen molar-refractivity contribution in [2.75, 3.05) is 0 Å². The van der Waals surface area contributed by atoms with Crippen LogP contribution < -0.4 is 0 Å². The number of nitrogens with zero attached hydrogens (tertiary/aromatic N) is 2. The van der Waals surface area contributed by atoms with E-state index in [1.165, 1.54) is 12.4 Å². The van der Waals surface area contributed by atoms with Gasteiger partial charge in [0.05, 0.1) is 16.6 Å². The summed E-state index contributed by atoms with van der Waals surface area (Å²) in [5, 5.41) is 0.703. The Morgan fingerprint density at radius 1 is 1.00 bits per heavy atom. The van der Waals surface area contributed by atoms with E-state index in [9.17, 15) is 13.2 Å². The minimum absolute atomic E-state index is 0.0653. The van der Waals surface area contributed by atoms with Crippen LogP contribution in [-0.4, -0.2) is 9.97 Å². The zero-order chi connectivity index (χ0) is 14.3. The van der Waals surface area contributed by atoms with Crippen molar-refractivity contribution in [3.8, 4) is 0 Å². The number of benzene rings is 1. The molecule has 2 aromatic heterocycles. The third-order valence-electron chi connectivity index (χ3n) is 3.35. The lowest BCUT2D eigenvalue weighted by atomic mass is 10.0. The first kappa shape index (κ1) is 12.8. The second kappa shape index (κ2) is 4.44. The molecule has 5 heteroatoms. The molecule has 0 amide bonds. The van der Waals surface area contributed by atoms with Gasteiger partial charge in [-0.2, -0.15) is 13.2 Å². The molecule has 0 aliphatic rings. The number of pyridine rings is 2. The quantitative estimate of drug-likeness (QED) is 0.617. The SMILES string of the molecule is CCc1cnc2c(cnc3ccccc32)c1C(F)(F)F. The lowest BCUT2D eigenvalue weighted by Gasteiger charge is -2.15. The summed E-state index contributed by atoms with van der Waals surface area (Å²) in [5.74, 6) is 0. The van der Waals surface area contributed by atoms with Crippen molar-refractivity contribution in [3.05, 3.63) is 47.8 Å². The summed E-state index contributed by atoms with van der Waals surface area (Å²) in [5.41, 5.74) is 0.565. The molecule has 3 aromatic rings. The molecule has 0 spiro atoms. The Kier molecular flexibility index (Phi) is 2.85. The molecule has 0 unspecified atom stereocenters. The molecule has 0 aliphatic carbocycles. The summed E-state index contributed by atoms with van der Waals surface area (Å²) >= 11 is 0. The minimum atomic E-state index is -4.41. The molecule has 0 aliphatic heterocycles. The Morgan fingerprint density at radius 2 is 1.75 bits per heavy atom. The second-order valence-electron chi connectivity index (χ2n) is 4.55. The van der Waals surface area contributed by atoms with E-state index < -0.39 is 11.7 Å². The standard InChI is InChI=1S/C15H11F3N2/c1-2-9-7-20-14-10-5-3-4-6-12(10)19-8-11(14)13(9)15(16,17)18/h3-8H,2H2,1H3. The molecule has 3 rings (SSSR count). The summed E-state index contributed by atoms with van der Waals surface area (Å²) < 4.78 is 39.9. The van der Waals surface area contributed by atoms with Gasteiger partial charge in [0.1, 0.15) is 0 Å². The fourth-order valence-electron chi connectivity index (χ4n) is 2.43. The third-order valence-corrected chi connectivity index (χ3v) is 3.35. The van der Waals surface area contributed by atoms with Crippen molar-refractivity contribution in [2.45, 2.75) is 19.5 Å². The van der Waals surface area contributed by atoms with Gasteiger partial charge in [-0.25, -0.2) is 0 Å². The summed E-state index contributed by atoms with van der Waals surface area (Å²) in [6, 6.07) is 7.07. The van der Waals surface area contributed by atoms with Gasteiger partial charge < -0.3 is 0 Å². The van der Waals surface area contributed by atoms with Crippen molar-refractivity contribution in [1.29, 1.82) is 0 Å². The topological polar surface area (TPSA) is 25.8 Å². The first-order chi connectivity index (χ1) is 9.52. The van der Waals surface area contributed by atoms with Gasteiger partial charge in [-0.05, 0) is 18.1 Å². The lowest BCUT2D eigenvalue weighted by Crippen LogP contribution is -2.11. The highest BCUT2D eigenvalue weighted by Crippen LogP contribution is 2.38. The van der Waals surface area contributed by atoms with Gasteiger partial charge in [0, 0.05) is 23.2 Å². The maximum Gasteiger partial charge on any atom is 0.417 e. The van der Waals surface area contributed by atoms with Crippen LogP contribution in [0.5, 0.6) is 0 Å². The molecule has 2 heterocycles. The number of halogens is 3. The fourth-order valence-corrected chi connectivity index (χ4v) is 2.43. The molecular weight excluding hydrogens is 265 g/mol. The van der Waals surface area contributed by atoms with E-state index in [4.69, 9.17) is 0 Å². The number of rotatable bonds is 1. The molecule has 0 radical (unpaired) electrons. The predicted octanol–water partition coefficient (Wildman–Crippen LogP) is 4.36. The zero-order valence-corrected chi connectivity index (χ0v) is 10.7. The fraction of sp³-hybridized carbons (Fsp3) is 0.200. The lowest BCUT2D eigenvalue weighted by molar-refractivity contribution is -0.136. The molecule has 102 valence electrons. The van der Waals surface area contributed by atoms with Crippen molar-refractivity contribution >= 4 is 21.8 Å². The maximum atomic E-state index is 13.3. The molecular formula is C15H11F3N2. The molecule has 1 aromatic carbocycles. The molecule has 0 saturated carbocycles.